The number of benzene rings is 1. The van der Waals surface area contributed by atoms with Crippen molar-refractivity contribution in [2.75, 3.05) is 6.54 Å². The molecular formula is C11H15N. The van der Waals surface area contributed by atoms with Crippen LogP contribution >= 0.6 is 0 Å². The molecule has 0 radical (unpaired) electrons. The predicted molar refractivity (Wildman–Crippen MR) is 53.8 cm³/mol. The maximum absolute atomic E-state index is 3.20. The molecule has 0 bridgehead atoms. The van der Waals surface area contributed by atoms with Gasteiger partial charge in [0.15, 0.2) is 0 Å². The molecule has 64 valence electrons. The van der Waals surface area contributed by atoms with Crippen LogP contribution in [0.25, 0.3) is 6.08 Å². The standard InChI is InChI=1S/C11H15N/c1-2-9-12-10-8-11-6-4-3-5-7-11/h3-8,10,12H,2,9H2,1H3/b10-8+. The SMILES string of the molecule is CCCN/C=C/c1ccccc1. The lowest BCUT2D eigenvalue weighted by Crippen LogP contribution is -2.04. The van der Waals surface area contributed by atoms with Crippen LogP contribution in [-0.2, 0) is 0 Å². The fraction of sp³-hybridized carbons (Fsp3) is 0.273. The van der Waals surface area contributed by atoms with Crippen molar-refractivity contribution in [2.45, 2.75) is 13.3 Å². The van der Waals surface area contributed by atoms with Crippen LogP contribution in [0.3, 0.4) is 0 Å². The normalized spacial score (nSPS) is 10.4. The van der Waals surface area contributed by atoms with Crippen molar-refractivity contribution >= 4 is 6.08 Å². The molecule has 1 N–H and O–H groups in total. The van der Waals surface area contributed by atoms with Gasteiger partial charge in [-0.15, -0.1) is 0 Å². The monoisotopic (exact) mass is 161 g/mol. The lowest BCUT2D eigenvalue weighted by atomic mass is 10.2. The van der Waals surface area contributed by atoms with Crippen LogP contribution in [0.1, 0.15) is 18.9 Å². The number of hydrogen-bond donors (Lipinski definition) is 1. The summed E-state index contributed by atoms with van der Waals surface area (Å²) in [6, 6.07) is 10.3. The molecule has 0 aliphatic carbocycles. The summed E-state index contributed by atoms with van der Waals surface area (Å²) in [5, 5.41) is 3.20. The van der Waals surface area contributed by atoms with Gasteiger partial charge < -0.3 is 5.32 Å². The van der Waals surface area contributed by atoms with Gasteiger partial charge in [0.2, 0.25) is 0 Å². The van der Waals surface area contributed by atoms with Crippen LogP contribution in [0.4, 0.5) is 0 Å². The lowest BCUT2D eigenvalue weighted by Gasteiger charge is -1.95. The van der Waals surface area contributed by atoms with E-state index in [0.29, 0.717) is 0 Å². The Morgan fingerprint density at radius 1 is 1.25 bits per heavy atom. The highest BCUT2D eigenvalue weighted by Gasteiger charge is 1.80. The van der Waals surface area contributed by atoms with E-state index in [1.807, 2.05) is 24.4 Å². The molecule has 0 heterocycles. The molecule has 1 aromatic carbocycles. The lowest BCUT2D eigenvalue weighted by molar-refractivity contribution is 0.812. The van der Waals surface area contributed by atoms with Crippen LogP contribution in [-0.4, -0.2) is 6.54 Å². The first kappa shape index (κ1) is 8.85. The molecule has 0 aromatic heterocycles. The highest BCUT2D eigenvalue weighted by atomic mass is 14.8. The zero-order chi connectivity index (χ0) is 8.65. The third kappa shape index (κ3) is 3.24. The Hall–Kier alpha value is -1.24. The maximum atomic E-state index is 3.20. The Bertz CT molecular complexity index is 226. The van der Waals surface area contributed by atoms with Crippen molar-refractivity contribution in [1.82, 2.24) is 5.32 Å². The van der Waals surface area contributed by atoms with Crippen LogP contribution in [0.2, 0.25) is 0 Å². The van der Waals surface area contributed by atoms with Gasteiger partial charge in [0, 0.05) is 6.54 Å². The zero-order valence-electron chi connectivity index (χ0n) is 7.46. The van der Waals surface area contributed by atoms with Crippen molar-refractivity contribution in [3.05, 3.63) is 42.1 Å². The minimum absolute atomic E-state index is 1.04. The summed E-state index contributed by atoms with van der Waals surface area (Å²) < 4.78 is 0. The third-order valence-corrected chi connectivity index (χ3v) is 1.59. The first-order valence-corrected chi connectivity index (χ1v) is 4.38. The summed E-state index contributed by atoms with van der Waals surface area (Å²) in [6.07, 6.45) is 5.24. The average Bonchev–Trinajstić information content (AvgIpc) is 2.14. The second-order valence-electron chi connectivity index (χ2n) is 2.70. The highest BCUT2D eigenvalue weighted by Crippen LogP contribution is 1.99. The number of rotatable bonds is 4. The van der Waals surface area contributed by atoms with Gasteiger partial charge in [-0.05, 0) is 24.3 Å². The Morgan fingerprint density at radius 3 is 2.67 bits per heavy atom. The molecule has 1 heteroatoms. The first-order chi connectivity index (χ1) is 5.93. The van der Waals surface area contributed by atoms with Gasteiger partial charge in [0.1, 0.15) is 0 Å². The average molecular weight is 161 g/mol. The van der Waals surface area contributed by atoms with E-state index in [0.717, 1.165) is 6.54 Å². The molecule has 0 saturated heterocycles. The number of hydrogen-bond acceptors (Lipinski definition) is 1. The Morgan fingerprint density at radius 2 is 2.00 bits per heavy atom. The van der Waals surface area contributed by atoms with Gasteiger partial charge in [0.25, 0.3) is 0 Å². The van der Waals surface area contributed by atoms with E-state index in [2.05, 4.69) is 30.4 Å². The van der Waals surface area contributed by atoms with E-state index in [4.69, 9.17) is 0 Å². The highest BCUT2D eigenvalue weighted by molar-refractivity contribution is 5.48. The van der Waals surface area contributed by atoms with E-state index in [1.54, 1.807) is 0 Å². The molecule has 1 rings (SSSR count). The van der Waals surface area contributed by atoms with Crippen LogP contribution in [0, 0.1) is 0 Å². The second kappa shape index (κ2) is 5.42. The van der Waals surface area contributed by atoms with Crippen LogP contribution in [0.15, 0.2) is 36.5 Å². The minimum atomic E-state index is 1.04. The smallest absolute Gasteiger partial charge is 0.0138 e. The Kier molecular flexibility index (Phi) is 4.00. The van der Waals surface area contributed by atoms with Crippen molar-refractivity contribution < 1.29 is 0 Å². The fourth-order valence-electron chi connectivity index (χ4n) is 0.947. The van der Waals surface area contributed by atoms with Gasteiger partial charge in [-0.2, -0.15) is 0 Å². The summed E-state index contributed by atoms with van der Waals surface area (Å²) in [4.78, 5) is 0. The largest absolute Gasteiger partial charge is 0.391 e. The summed E-state index contributed by atoms with van der Waals surface area (Å²) in [5.41, 5.74) is 1.24. The molecule has 0 aliphatic rings. The number of nitrogens with one attached hydrogen (secondary N) is 1. The molecule has 0 unspecified atom stereocenters. The van der Waals surface area contributed by atoms with Gasteiger partial charge in [-0.1, -0.05) is 37.3 Å². The third-order valence-electron chi connectivity index (χ3n) is 1.59. The van der Waals surface area contributed by atoms with E-state index in [9.17, 15) is 0 Å². The summed E-state index contributed by atoms with van der Waals surface area (Å²) in [6.45, 7) is 3.20. The minimum Gasteiger partial charge on any atom is -0.391 e. The van der Waals surface area contributed by atoms with Gasteiger partial charge in [-0.3, -0.25) is 0 Å². The quantitative estimate of drug-likeness (QED) is 0.669. The zero-order valence-corrected chi connectivity index (χ0v) is 7.46. The molecule has 0 saturated carbocycles. The molecule has 0 spiro atoms. The summed E-state index contributed by atoms with van der Waals surface area (Å²) >= 11 is 0. The van der Waals surface area contributed by atoms with Crippen molar-refractivity contribution in [1.29, 1.82) is 0 Å². The van der Waals surface area contributed by atoms with Gasteiger partial charge in [-0.25, -0.2) is 0 Å². The molecule has 0 amide bonds. The summed E-state index contributed by atoms with van der Waals surface area (Å²) in [5.74, 6) is 0. The molecule has 0 atom stereocenters. The first-order valence-electron chi connectivity index (χ1n) is 4.38. The van der Waals surface area contributed by atoms with Crippen LogP contribution < -0.4 is 5.32 Å². The molecule has 0 aliphatic heterocycles. The van der Waals surface area contributed by atoms with Crippen molar-refractivity contribution in [3.8, 4) is 0 Å². The Balaban J connectivity index is 2.36. The molecule has 12 heavy (non-hydrogen) atoms. The van der Waals surface area contributed by atoms with Crippen LogP contribution in [0.5, 0.6) is 0 Å². The fourth-order valence-corrected chi connectivity index (χ4v) is 0.947. The van der Waals surface area contributed by atoms with E-state index in [-0.39, 0.29) is 0 Å². The van der Waals surface area contributed by atoms with E-state index >= 15 is 0 Å². The van der Waals surface area contributed by atoms with E-state index in [1.165, 1.54) is 12.0 Å². The molecule has 0 fully saturated rings. The molecule has 1 aromatic rings. The molecular weight excluding hydrogens is 146 g/mol. The topological polar surface area (TPSA) is 12.0 Å². The summed E-state index contributed by atoms with van der Waals surface area (Å²) in [7, 11) is 0. The predicted octanol–water partition coefficient (Wildman–Crippen LogP) is 2.66. The Labute approximate surface area is 74.1 Å². The van der Waals surface area contributed by atoms with Crippen molar-refractivity contribution in [3.63, 3.8) is 0 Å². The molecule has 1 nitrogen and oxygen atoms in total. The second-order valence-corrected chi connectivity index (χ2v) is 2.70. The van der Waals surface area contributed by atoms with Gasteiger partial charge >= 0.3 is 0 Å². The maximum Gasteiger partial charge on any atom is 0.0138 e. The van der Waals surface area contributed by atoms with Gasteiger partial charge in [0.05, 0.1) is 0 Å². The van der Waals surface area contributed by atoms with E-state index < -0.39 is 0 Å². The van der Waals surface area contributed by atoms with Crippen molar-refractivity contribution in [2.24, 2.45) is 0 Å².